The van der Waals surface area contributed by atoms with Gasteiger partial charge in [-0.25, -0.2) is 0 Å². The van der Waals surface area contributed by atoms with Crippen LogP contribution in [0, 0.1) is 0 Å². The number of benzene rings is 1. The number of rotatable bonds is 3. The molecular weight excluding hydrogens is 152 g/mol. The van der Waals surface area contributed by atoms with E-state index in [4.69, 9.17) is 5.11 Å². The first kappa shape index (κ1) is 8.81. The Labute approximate surface area is 71.8 Å². The average molecular weight is 164 g/mol. The number of para-hydroxylation sites is 1. The molecule has 0 atom stereocenters. The highest BCUT2D eigenvalue weighted by atomic mass is 16.3. The molecule has 0 amide bonds. The van der Waals surface area contributed by atoms with Crippen LogP contribution in [0.15, 0.2) is 36.4 Å². The second-order valence-electron chi connectivity index (χ2n) is 2.49. The van der Waals surface area contributed by atoms with E-state index in [0.717, 1.165) is 5.56 Å². The van der Waals surface area contributed by atoms with Crippen LogP contribution in [0.1, 0.15) is 5.56 Å². The highest BCUT2D eigenvalue weighted by molar-refractivity contribution is 5.33. The summed E-state index contributed by atoms with van der Waals surface area (Å²) in [5, 5.41) is 17.8. The number of phenols is 1. The van der Waals surface area contributed by atoms with Crippen LogP contribution in [0.5, 0.6) is 5.75 Å². The lowest BCUT2D eigenvalue weighted by atomic mass is 10.1. The van der Waals surface area contributed by atoms with Crippen molar-refractivity contribution in [3.8, 4) is 5.75 Å². The largest absolute Gasteiger partial charge is 0.508 e. The molecule has 2 heteroatoms. The predicted octanol–water partition coefficient (Wildman–Crippen LogP) is 1.48. The zero-order valence-electron chi connectivity index (χ0n) is 6.77. The van der Waals surface area contributed by atoms with E-state index in [2.05, 4.69) is 0 Å². The number of aromatic hydroxyl groups is 1. The molecule has 1 aromatic carbocycles. The van der Waals surface area contributed by atoms with E-state index in [-0.39, 0.29) is 6.61 Å². The molecule has 2 nitrogen and oxygen atoms in total. The minimum absolute atomic E-state index is 0.0492. The Morgan fingerprint density at radius 2 is 1.92 bits per heavy atom. The summed E-state index contributed by atoms with van der Waals surface area (Å²) in [7, 11) is 0. The first-order valence-corrected chi connectivity index (χ1v) is 3.87. The van der Waals surface area contributed by atoms with Crippen LogP contribution in [-0.4, -0.2) is 16.8 Å². The van der Waals surface area contributed by atoms with E-state index in [9.17, 15) is 5.11 Å². The molecule has 0 heterocycles. The van der Waals surface area contributed by atoms with Gasteiger partial charge in [0.15, 0.2) is 0 Å². The fraction of sp³-hybridized carbons (Fsp3) is 0.200. The Morgan fingerprint density at radius 3 is 2.58 bits per heavy atom. The molecule has 1 aromatic rings. The minimum atomic E-state index is 0.0492. The molecule has 0 fully saturated rings. The average Bonchev–Trinajstić information content (AvgIpc) is 2.09. The SMILES string of the molecule is OC/C=C\Cc1ccccc1O. The van der Waals surface area contributed by atoms with Gasteiger partial charge in [-0.1, -0.05) is 30.4 Å². The van der Waals surface area contributed by atoms with E-state index in [0.29, 0.717) is 12.2 Å². The van der Waals surface area contributed by atoms with E-state index < -0.39 is 0 Å². The van der Waals surface area contributed by atoms with Gasteiger partial charge in [-0.15, -0.1) is 0 Å². The third-order valence-corrected chi connectivity index (χ3v) is 1.60. The van der Waals surface area contributed by atoms with Crippen LogP contribution < -0.4 is 0 Å². The van der Waals surface area contributed by atoms with Crippen LogP contribution in [0.25, 0.3) is 0 Å². The van der Waals surface area contributed by atoms with Crippen molar-refractivity contribution in [1.29, 1.82) is 0 Å². The van der Waals surface area contributed by atoms with Crippen molar-refractivity contribution in [2.45, 2.75) is 6.42 Å². The lowest BCUT2D eigenvalue weighted by Crippen LogP contribution is -1.82. The standard InChI is InChI=1S/C10H12O2/c11-8-4-3-6-9-5-1-2-7-10(9)12/h1-5,7,11-12H,6,8H2/b4-3-. The van der Waals surface area contributed by atoms with Gasteiger partial charge in [0.2, 0.25) is 0 Å². The van der Waals surface area contributed by atoms with Gasteiger partial charge in [0.1, 0.15) is 5.75 Å². The first-order valence-electron chi connectivity index (χ1n) is 3.87. The number of hydrogen-bond donors (Lipinski definition) is 2. The zero-order chi connectivity index (χ0) is 8.81. The van der Waals surface area contributed by atoms with Crippen LogP contribution in [0.2, 0.25) is 0 Å². The Kier molecular flexibility index (Phi) is 3.35. The lowest BCUT2D eigenvalue weighted by molar-refractivity contribution is 0.342. The monoisotopic (exact) mass is 164 g/mol. The van der Waals surface area contributed by atoms with Crippen molar-refractivity contribution in [1.82, 2.24) is 0 Å². The molecule has 2 N–H and O–H groups in total. The van der Waals surface area contributed by atoms with Gasteiger partial charge in [0.05, 0.1) is 6.61 Å². The summed E-state index contributed by atoms with van der Waals surface area (Å²) in [5.41, 5.74) is 0.877. The molecule has 64 valence electrons. The van der Waals surface area contributed by atoms with E-state index >= 15 is 0 Å². The van der Waals surface area contributed by atoms with Crippen molar-refractivity contribution >= 4 is 0 Å². The molecule has 0 spiro atoms. The van der Waals surface area contributed by atoms with Gasteiger partial charge in [0.25, 0.3) is 0 Å². The van der Waals surface area contributed by atoms with Crippen molar-refractivity contribution in [2.24, 2.45) is 0 Å². The number of hydrogen-bond acceptors (Lipinski definition) is 2. The normalized spacial score (nSPS) is 10.8. The van der Waals surface area contributed by atoms with Crippen molar-refractivity contribution in [2.75, 3.05) is 6.61 Å². The maximum atomic E-state index is 9.31. The maximum Gasteiger partial charge on any atom is 0.119 e. The Morgan fingerprint density at radius 1 is 1.17 bits per heavy atom. The van der Waals surface area contributed by atoms with Gasteiger partial charge in [0, 0.05) is 0 Å². The number of allylic oxidation sites excluding steroid dienone is 1. The third-order valence-electron chi connectivity index (χ3n) is 1.60. The Bertz CT molecular complexity index is 266. The summed E-state index contributed by atoms with van der Waals surface area (Å²) in [6, 6.07) is 7.18. The summed E-state index contributed by atoms with van der Waals surface area (Å²) in [5.74, 6) is 0.306. The van der Waals surface area contributed by atoms with Gasteiger partial charge < -0.3 is 10.2 Å². The summed E-state index contributed by atoms with van der Waals surface area (Å²) >= 11 is 0. The molecule has 0 saturated carbocycles. The summed E-state index contributed by atoms with van der Waals surface area (Å²) < 4.78 is 0. The van der Waals surface area contributed by atoms with Gasteiger partial charge in [-0.05, 0) is 18.1 Å². The molecule has 12 heavy (non-hydrogen) atoms. The minimum Gasteiger partial charge on any atom is -0.508 e. The molecule has 0 saturated heterocycles. The molecule has 0 bridgehead atoms. The first-order chi connectivity index (χ1) is 5.84. The van der Waals surface area contributed by atoms with Crippen LogP contribution in [0.4, 0.5) is 0 Å². The van der Waals surface area contributed by atoms with Crippen molar-refractivity contribution in [3.63, 3.8) is 0 Å². The van der Waals surface area contributed by atoms with Crippen molar-refractivity contribution in [3.05, 3.63) is 42.0 Å². The van der Waals surface area contributed by atoms with Crippen LogP contribution >= 0.6 is 0 Å². The number of aliphatic hydroxyl groups excluding tert-OH is 1. The Hall–Kier alpha value is -1.28. The summed E-state index contributed by atoms with van der Waals surface area (Å²) in [4.78, 5) is 0. The predicted molar refractivity (Wildman–Crippen MR) is 48.0 cm³/mol. The van der Waals surface area contributed by atoms with Crippen molar-refractivity contribution < 1.29 is 10.2 Å². The van der Waals surface area contributed by atoms with Gasteiger partial charge in [-0.2, -0.15) is 0 Å². The molecule has 1 rings (SSSR count). The van der Waals surface area contributed by atoms with Gasteiger partial charge >= 0.3 is 0 Å². The summed E-state index contributed by atoms with van der Waals surface area (Å²) in [6.07, 6.45) is 4.15. The lowest BCUT2D eigenvalue weighted by Gasteiger charge is -1.98. The number of aliphatic hydroxyl groups is 1. The van der Waals surface area contributed by atoms with Crippen LogP contribution in [-0.2, 0) is 6.42 Å². The smallest absolute Gasteiger partial charge is 0.119 e. The number of phenolic OH excluding ortho intramolecular Hbond substituents is 1. The van der Waals surface area contributed by atoms with Gasteiger partial charge in [-0.3, -0.25) is 0 Å². The second kappa shape index (κ2) is 4.57. The molecule has 0 aliphatic heterocycles. The summed E-state index contributed by atoms with van der Waals surface area (Å²) in [6.45, 7) is 0.0492. The topological polar surface area (TPSA) is 40.5 Å². The highest BCUT2D eigenvalue weighted by Gasteiger charge is 1.94. The molecule has 0 radical (unpaired) electrons. The quantitative estimate of drug-likeness (QED) is 0.664. The van der Waals surface area contributed by atoms with E-state index in [1.54, 1.807) is 18.2 Å². The molecular formula is C10H12O2. The van der Waals surface area contributed by atoms with E-state index in [1.165, 1.54) is 0 Å². The molecule has 0 aliphatic rings. The van der Waals surface area contributed by atoms with Crippen LogP contribution in [0.3, 0.4) is 0 Å². The highest BCUT2D eigenvalue weighted by Crippen LogP contribution is 2.15. The molecule has 0 aromatic heterocycles. The fourth-order valence-electron chi connectivity index (χ4n) is 0.968. The second-order valence-corrected chi connectivity index (χ2v) is 2.49. The molecule has 0 unspecified atom stereocenters. The van der Waals surface area contributed by atoms with E-state index in [1.807, 2.05) is 18.2 Å². The Balaban J connectivity index is 2.63. The zero-order valence-corrected chi connectivity index (χ0v) is 6.77. The molecule has 0 aliphatic carbocycles. The third kappa shape index (κ3) is 2.40. The fourth-order valence-corrected chi connectivity index (χ4v) is 0.968. The maximum absolute atomic E-state index is 9.31.